The lowest BCUT2D eigenvalue weighted by Crippen LogP contribution is -2.25. The largest absolute Gasteiger partial charge is 0.354 e. The second-order valence-corrected chi connectivity index (χ2v) is 7.26. The minimum Gasteiger partial charge on any atom is -0.354 e. The Balaban J connectivity index is 1.92. The van der Waals surface area contributed by atoms with Crippen molar-refractivity contribution in [3.8, 4) is 6.07 Å². The third-order valence-corrected chi connectivity index (χ3v) is 4.62. The van der Waals surface area contributed by atoms with Crippen LogP contribution in [0.3, 0.4) is 0 Å². The van der Waals surface area contributed by atoms with Gasteiger partial charge in [0.05, 0.1) is 5.56 Å². The number of anilines is 1. The Morgan fingerprint density at radius 3 is 2.70 bits per heavy atom. The average Bonchev–Trinajstić information content (AvgIpc) is 2.53. The predicted octanol–water partition coefficient (Wildman–Crippen LogP) is 4.10. The first-order valence-electron chi connectivity index (χ1n) is 8.16. The lowest BCUT2D eigenvalue weighted by Gasteiger charge is -2.31. The Labute approximate surface area is 138 Å². The first kappa shape index (κ1) is 15.6. The lowest BCUT2D eigenvalue weighted by molar-refractivity contribution is 0.312. The molecule has 23 heavy (non-hydrogen) atoms. The Kier molecular flexibility index (Phi) is 4.09. The molecular formula is C20H23N3. The maximum absolute atomic E-state index is 9.55. The van der Waals surface area contributed by atoms with Gasteiger partial charge in [-0.2, -0.15) is 5.26 Å². The van der Waals surface area contributed by atoms with E-state index in [1.165, 1.54) is 16.8 Å². The van der Waals surface area contributed by atoms with Gasteiger partial charge in [-0.3, -0.25) is 0 Å². The Morgan fingerprint density at radius 1 is 1.26 bits per heavy atom. The Hall–Kier alpha value is -2.34. The van der Waals surface area contributed by atoms with Crippen LogP contribution in [-0.2, 0) is 19.4 Å². The summed E-state index contributed by atoms with van der Waals surface area (Å²) < 4.78 is 0. The number of hydrogen-bond acceptors (Lipinski definition) is 3. The quantitative estimate of drug-likeness (QED) is 0.857. The molecule has 1 aliphatic rings. The number of aromatic nitrogens is 1. The van der Waals surface area contributed by atoms with E-state index < -0.39 is 0 Å². The topological polar surface area (TPSA) is 39.9 Å². The van der Waals surface area contributed by atoms with Crippen molar-refractivity contribution in [2.24, 2.45) is 5.41 Å². The van der Waals surface area contributed by atoms with Crippen molar-refractivity contribution in [3.63, 3.8) is 0 Å². The number of hydrogen-bond donors (Lipinski definition) is 0. The van der Waals surface area contributed by atoms with Crippen molar-refractivity contribution in [2.45, 2.75) is 39.7 Å². The molecule has 0 saturated heterocycles. The summed E-state index contributed by atoms with van der Waals surface area (Å²) in [4.78, 5) is 6.93. The molecule has 1 heterocycles. The van der Waals surface area contributed by atoms with Gasteiger partial charge in [0.25, 0.3) is 0 Å². The van der Waals surface area contributed by atoms with Crippen LogP contribution < -0.4 is 4.90 Å². The zero-order valence-corrected chi connectivity index (χ0v) is 14.1. The molecule has 118 valence electrons. The first-order chi connectivity index (χ1) is 11.0. The van der Waals surface area contributed by atoms with Crippen LogP contribution in [0.4, 0.5) is 5.82 Å². The monoisotopic (exact) mass is 305 g/mol. The molecule has 0 aliphatic heterocycles. The number of pyridine rings is 1. The predicted molar refractivity (Wildman–Crippen MR) is 93.3 cm³/mol. The minimum atomic E-state index is 0.304. The van der Waals surface area contributed by atoms with Gasteiger partial charge >= 0.3 is 0 Å². The van der Waals surface area contributed by atoms with Gasteiger partial charge in [-0.25, -0.2) is 4.98 Å². The van der Waals surface area contributed by atoms with Crippen LogP contribution >= 0.6 is 0 Å². The molecule has 0 unspecified atom stereocenters. The van der Waals surface area contributed by atoms with E-state index in [1.54, 1.807) is 0 Å². The van der Waals surface area contributed by atoms with Crippen molar-refractivity contribution in [2.75, 3.05) is 11.9 Å². The highest BCUT2D eigenvalue weighted by Gasteiger charge is 2.27. The number of nitriles is 1. The van der Waals surface area contributed by atoms with Crippen LogP contribution in [0.25, 0.3) is 0 Å². The van der Waals surface area contributed by atoms with E-state index in [2.05, 4.69) is 43.0 Å². The van der Waals surface area contributed by atoms with Gasteiger partial charge in [-0.1, -0.05) is 44.2 Å². The van der Waals surface area contributed by atoms with Crippen LogP contribution in [-0.4, -0.2) is 12.0 Å². The summed E-state index contributed by atoms with van der Waals surface area (Å²) in [6.07, 6.45) is 3.16. The number of fused-ring (bicyclic) bond motifs is 1. The summed E-state index contributed by atoms with van der Waals surface area (Å²) in [7, 11) is 2.01. The summed E-state index contributed by atoms with van der Waals surface area (Å²) in [6, 6.07) is 14.7. The molecule has 1 aromatic carbocycles. The smallest absolute Gasteiger partial charge is 0.146 e. The summed E-state index contributed by atoms with van der Waals surface area (Å²) in [6.45, 7) is 5.33. The fourth-order valence-corrected chi connectivity index (χ4v) is 3.32. The number of nitrogens with zero attached hydrogens (tertiary/aromatic N) is 3. The van der Waals surface area contributed by atoms with Crippen molar-refractivity contribution >= 4 is 5.82 Å². The molecule has 2 aromatic rings. The van der Waals surface area contributed by atoms with Crippen LogP contribution in [0.1, 0.15) is 42.7 Å². The average molecular weight is 305 g/mol. The normalized spacial score (nSPS) is 15.6. The molecule has 3 rings (SSSR count). The van der Waals surface area contributed by atoms with Gasteiger partial charge < -0.3 is 4.90 Å². The zero-order chi connectivity index (χ0) is 16.4. The summed E-state index contributed by atoms with van der Waals surface area (Å²) >= 11 is 0. The highest BCUT2D eigenvalue weighted by Crippen LogP contribution is 2.35. The fraction of sp³-hybridized carbons (Fsp3) is 0.400. The number of benzene rings is 1. The molecule has 0 radical (unpaired) electrons. The highest BCUT2D eigenvalue weighted by atomic mass is 15.2. The van der Waals surface area contributed by atoms with Crippen molar-refractivity contribution in [1.29, 1.82) is 5.26 Å². The molecule has 1 aliphatic carbocycles. The molecule has 0 fully saturated rings. The van der Waals surface area contributed by atoms with E-state index in [0.29, 0.717) is 11.0 Å². The summed E-state index contributed by atoms with van der Waals surface area (Å²) in [5.41, 5.74) is 4.62. The molecule has 0 N–H and O–H groups in total. The van der Waals surface area contributed by atoms with Crippen molar-refractivity contribution < 1.29 is 0 Å². The minimum absolute atomic E-state index is 0.304. The molecule has 0 spiro atoms. The SMILES string of the molecule is CN(Cc1ccccc1)c1nc2c(cc1C#N)CC(C)(C)CC2. The van der Waals surface area contributed by atoms with E-state index in [0.717, 1.165) is 31.6 Å². The molecule has 3 nitrogen and oxygen atoms in total. The van der Waals surface area contributed by atoms with Crippen LogP contribution in [0.2, 0.25) is 0 Å². The van der Waals surface area contributed by atoms with E-state index in [1.807, 2.05) is 25.2 Å². The van der Waals surface area contributed by atoms with Gasteiger partial charge in [-0.05, 0) is 41.9 Å². The van der Waals surface area contributed by atoms with Crippen LogP contribution in [0.15, 0.2) is 36.4 Å². The van der Waals surface area contributed by atoms with Crippen LogP contribution in [0, 0.1) is 16.7 Å². The number of rotatable bonds is 3. The maximum atomic E-state index is 9.55. The van der Waals surface area contributed by atoms with Crippen LogP contribution in [0.5, 0.6) is 0 Å². The third kappa shape index (κ3) is 3.37. The van der Waals surface area contributed by atoms with Gasteiger partial charge in [0.1, 0.15) is 11.9 Å². The molecule has 0 bridgehead atoms. The Morgan fingerprint density at radius 2 is 2.00 bits per heavy atom. The second kappa shape index (κ2) is 6.04. The molecule has 0 atom stereocenters. The van der Waals surface area contributed by atoms with Crippen molar-refractivity contribution in [1.82, 2.24) is 4.98 Å². The Bertz CT molecular complexity index is 741. The van der Waals surface area contributed by atoms with E-state index in [4.69, 9.17) is 4.98 Å². The highest BCUT2D eigenvalue weighted by molar-refractivity contribution is 5.56. The van der Waals surface area contributed by atoms with Gasteiger partial charge in [-0.15, -0.1) is 0 Å². The lowest BCUT2D eigenvalue weighted by atomic mass is 9.76. The maximum Gasteiger partial charge on any atom is 0.146 e. The zero-order valence-electron chi connectivity index (χ0n) is 14.1. The first-order valence-corrected chi connectivity index (χ1v) is 8.16. The van der Waals surface area contributed by atoms with Gasteiger partial charge in [0.15, 0.2) is 0 Å². The van der Waals surface area contributed by atoms with Crippen molar-refractivity contribution in [3.05, 3.63) is 58.8 Å². The molecule has 3 heteroatoms. The molecular weight excluding hydrogens is 282 g/mol. The molecule has 1 aromatic heterocycles. The van der Waals surface area contributed by atoms with E-state index in [-0.39, 0.29) is 0 Å². The number of aryl methyl sites for hydroxylation is 1. The third-order valence-electron chi connectivity index (χ3n) is 4.62. The fourth-order valence-electron chi connectivity index (χ4n) is 3.32. The van der Waals surface area contributed by atoms with E-state index in [9.17, 15) is 5.26 Å². The standard InChI is InChI=1S/C20H23N3/c1-20(2)10-9-18-16(12-20)11-17(13-21)19(22-18)23(3)14-15-7-5-4-6-8-15/h4-8,11H,9-10,12,14H2,1-3H3. The van der Waals surface area contributed by atoms with E-state index >= 15 is 0 Å². The summed E-state index contributed by atoms with van der Waals surface area (Å²) in [5, 5.41) is 9.55. The molecule has 0 saturated carbocycles. The second-order valence-electron chi connectivity index (χ2n) is 7.26. The van der Waals surface area contributed by atoms with Gasteiger partial charge in [0.2, 0.25) is 0 Å². The molecule has 0 amide bonds. The van der Waals surface area contributed by atoms with Gasteiger partial charge in [0, 0.05) is 19.3 Å². The summed E-state index contributed by atoms with van der Waals surface area (Å²) in [5.74, 6) is 0.801.